The fourth-order valence-corrected chi connectivity index (χ4v) is 1.96. The Labute approximate surface area is 171 Å². The van der Waals surface area contributed by atoms with Crippen molar-refractivity contribution in [1.82, 2.24) is 15.0 Å². The average Bonchev–Trinajstić information content (AvgIpc) is 2.59. The van der Waals surface area contributed by atoms with Crippen LogP contribution in [0.4, 0.5) is 0 Å². The zero-order valence-electron chi connectivity index (χ0n) is 14.5. The van der Waals surface area contributed by atoms with E-state index in [1.54, 1.807) is 0 Å². The van der Waals surface area contributed by atoms with Crippen LogP contribution in [-0.4, -0.2) is 54.3 Å². The smallest absolute Gasteiger partial charge is 0.258 e. The summed E-state index contributed by atoms with van der Waals surface area (Å²) in [6.07, 6.45) is -3.57. The summed E-state index contributed by atoms with van der Waals surface area (Å²) in [6.45, 7) is 0. The first-order valence-corrected chi connectivity index (χ1v) is 6.91. The van der Waals surface area contributed by atoms with Gasteiger partial charge in [-0.05, 0) is 0 Å². The largest absolute Gasteiger partial charge is 0.763 e. The second-order valence-electron chi connectivity index (χ2n) is 5.10. The Kier molecular flexibility index (Phi) is 6.23. The van der Waals surface area contributed by atoms with Crippen molar-refractivity contribution in [1.29, 1.82) is 0 Å². The highest BCUT2D eigenvalue weighted by Crippen LogP contribution is 2.30. The predicted octanol–water partition coefficient (Wildman–Crippen LogP) is -2.70. The van der Waals surface area contributed by atoms with Gasteiger partial charge < -0.3 is 0 Å². The van der Waals surface area contributed by atoms with Crippen molar-refractivity contribution < 1.29 is 39.4 Å². The maximum atomic E-state index is 11.2. The number of aromatic nitrogens is 3. The molecule has 176 valence electrons. The third-order valence-corrected chi connectivity index (χ3v) is 3.41. The van der Waals surface area contributed by atoms with Crippen LogP contribution in [0.15, 0.2) is 0 Å². The molecule has 27 heteroatoms. The van der Waals surface area contributed by atoms with E-state index in [0.717, 1.165) is 0 Å². The summed E-state index contributed by atoms with van der Waals surface area (Å²) in [4.78, 5) is 78.0. The fourth-order valence-electron chi connectivity index (χ4n) is 1.96. The highest BCUT2D eigenvalue weighted by molar-refractivity contribution is 5.04. The Hall–Kier alpha value is -5.79. The molecule has 1 aromatic rings. The van der Waals surface area contributed by atoms with Crippen molar-refractivity contribution in [3.8, 4) is 0 Å². The Morgan fingerprint density at radius 1 is 0.485 bits per heavy atom. The molecule has 0 aliphatic rings. The van der Waals surface area contributed by atoms with Gasteiger partial charge in [-0.15, -0.1) is 0 Å². The van der Waals surface area contributed by atoms with Gasteiger partial charge in [0.15, 0.2) is 29.5 Å². The molecule has 0 bridgehead atoms. The van der Waals surface area contributed by atoms with E-state index < -0.39 is 74.6 Å². The van der Waals surface area contributed by atoms with Crippen LogP contribution >= 0.6 is 0 Å². The highest BCUT2D eigenvalue weighted by Gasteiger charge is 2.80. The summed E-state index contributed by atoms with van der Waals surface area (Å²) >= 11 is 0. The molecule has 0 spiro atoms. The van der Waals surface area contributed by atoms with Crippen molar-refractivity contribution in [2.24, 2.45) is 0 Å². The van der Waals surface area contributed by atoms with Gasteiger partial charge in [-0.2, -0.15) is 15.0 Å². The molecular formula is C6HN11O16. The van der Waals surface area contributed by atoms with E-state index in [0.29, 0.717) is 0 Å². The summed E-state index contributed by atoms with van der Waals surface area (Å²) in [5, 5.41) is 88.9. The quantitative estimate of drug-likeness (QED) is 0.175. The normalized spacial score (nSPS) is 11.4. The predicted molar refractivity (Wildman–Crippen MR) is 81.9 cm³/mol. The van der Waals surface area contributed by atoms with E-state index in [1.165, 1.54) is 0 Å². The van der Waals surface area contributed by atoms with Crippen LogP contribution in [0.25, 0.3) is 0 Å². The monoisotopic (exact) mass is 483 g/mol. The number of rotatable bonds is 11. The molecule has 27 nitrogen and oxygen atoms in total. The lowest BCUT2D eigenvalue weighted by Gasteiger charge is -2.11. The zero-order valence-corrected chi connectivity index (χ0v) is 14.5. The van der Waals surface area contributed by atoms with E-state index in [9.17, 15) is 80.9 Å². The lowest BCUT2D eigenvalue weighted by atomic mass is 10.3. The molecule has 0 aliphatic heterocycles. The van der Waals surface area contributed by atoms with Gasteiger partial charge in [-0.1, -0.05) is 0 Å². The van der Waals surface area contributed by atoms with Crippen molar-refractivity contribution >= 4 is 0 Å². The Balaban J connectivity index is 4.45. The molecule has 1 aromatic heterocycles. The van der Waals surface area contributed by atoms with E-state index in [2.05, 4.69) is 15.0 Å². The summed E-state index contributed by atoms with van der Waals surface area (Å²) in [5.74, 6) is -17.5. The molecule has 33 heavy (non-hydrogen) atoms. The second kappa shape index (κ2) is 8.15. The maximum absolute atomic E-state index is 11.2. The van der Waals surface area contributed by atoms with Crippen LogP contribution in [0.5, 0.6) is 0 Å². The average molecular weight is 483 g/mol. The molecule has 0 saturated heterocycles. The molecule has 0 amide bonds. The summed E-state index contributed by atoms with van der Waals surface area (Å²) < 4.78 is 0. The van der Waals surface area contributed by atoms with E-state index in [1.807, 2.05) is 0 Å². The van der Waals surface area contributed by atoms with Crippen LogP contribution in [-0.2, 0) is 11.6 Å². The topological polar surface area (TPSA) is 384 Å². The molecule has 0 atom stereocenters. The van der Waals surface area contributed by atoms with Crippen LogP contribution in [0.2, 0.25) is 0 Å². The third kappa shape index (κ3) is 3.50. The van der Waals surface area contributed by atoms with Crippen molar-refractivity contribution in [2.75, 3.05) is 0 Å². The van der Waals surface area contributed by atoms with Crippen LogP contribution in [0.3, 0.4) is 0 Å². The van der Waals surface area contributed by atoms with Gasteiger partial charge in [0.05, 0.1) is 0 Å². The number of nitrogens with zero attached hydrogens (tertiary/aromatic N) is 11. The zero-order chi connectivity index (χ0) is 26.0. The SMILES string of the molecule is O=[N+]([O-])C(c1nc(C([N+](=O)[O-])([N+](=O)[O-])[N+](=O)[O-])nc(C([N+](=O)[O-])([N+](=O)[O-])[N+](=O)[O-])n1)[N+](=O)[O-]. The molecule has 0 saturated carbocycles. The molecule has 1 rings (SSSR count). The number of hydrogen-bond donors (Lipinski definition) is 0. The molecule has 0 aliphatic carbocycles. The van der Waals surface area contributed by atoms with Crippen LogP contribution in [0.1, 0.15) is 23.6 Å². The highest BCUT2D eigenvalue weighted by atomic mass is 16.8. The van der Waals surface area contributed by atoms with E-state index in [-0.39, 0.29) is 0 Å². The van der Waals surface area contributed by atoms with Crippen molar-refractivity contribution in [3.63, 3.8) is 0 Å². The first-order chi connectivity index (χ1) is 15.0. The van der Waals surface area contributed by atoms with Crippen molar-refractivity contribution in [3.05, 3.63) is 98.4 Å². The standard InChI is InChI=1S/C6HN11O16/c18-10(19)2(11(20)21)1-7-3(5(12(22)23,13(24)25)14(26)27)9-4(8-1)6(15(28)29,16(30)31)17(32)33/h2H. The first kappa shape index (κ1) is 25.2. The Bertz CT molecular complexity index is 974. The third-order valence-electron chi connectivity index (χ3n) is 3.41. The molecule has 1 heterocycles. The maximum Gasteiger partial charge on any atom is 0.763 e. The first-order valence-electron chi connectivity index (χ1n) is 6.91. The molecule has 0 N–H and O–H groups in total. The Morgan fingerprint density at radius 3 is 0.909 bits per heavy atom. The molecule has 0 radical (unpaired) electrons. The van der Waals surface area contributed by atoms with Gasteiger partial charge in [-0.25, -0.2) is 0 Å². The van der Waals surface area contributed by atoms with Gasteiger partial charge in [-0.3, -0.25) is 80.9 Å². The van der Waals surface area contributed by atoms with E-state index in [4.69, 9.17) is 0 Å². The van der Waals surface area contributed by atoms with Crippen LogP contribution < -0.4 is 0 Å². The Morgan fingerprint density at radius 2 is 0.727 bits per heavy atom. The minimum Gasteiger partial charge on any atom is -0.258 e. The van der Waals surface area contributed by atoms with Crippen LogP contribution in [0, 0.1) is 80.9 Å². The van der Waals surface area contributed by atoms with Gasteiger partial charge in [0, 0.05) is 0 Å². The van der Waals surface area contributed by atoms with Gasteiger partial charge >= 0.3 is 29.4 Å². The van der Waals surface area contributed by atoms with Gasteiger partial charge in [0.1, 0.15) is 9.85 Å². The minimum absolute atomic E-state index is 1.94. The lowest BCUT2D eigenvalue weighted by Crippen LogP contribution is -2.55. The molecule has 0 aromatic carbocycles. The fraction of sp³-hybridized carbons (Fsp3) is 0.500. The minimum atomic E-state index is -5.04. The molecule has 0 fully saturated rings. The molecular weight excluding hydrogens is 482 g/mol. The number of nitro groups is 8. The van der Waals surface area contributed by atoms with Crippen molar-refractivity contribution in [2.45, 2.75) is 17.7 Å². The van der Waals surface area contributed by atoms with Gasteiger partial charge in [0.2, 0.25) is 0 Å². The number of hydrogen-bond acceptors (Lipinski definition) is 19. The second-order valence-corrected chi connectivity index (χ2v) is 5.10. The molecule has 0 unspecified atom stereocenters. The summed E-state index contributed by atoms with van der Waals surface area (Å²) in [5.41, 5.74) is 0. The van der Waals surface area contributed by atoms with Gasteiger partial charge in [0.25, 0.3) is 5.82 Å². The lowest BCUT2D eigenvalue weighted by molar-refractivity contribution is -0.989. The summed E-state index contributed by atoms with van der Waals surface area (Å²) in [6, 6.07) is 0. The van der Waals surface area contributed by atoms with E-state index >= 15 is 0 Å². The summed E-state index contributed by atoms with van der Waals surface area (Å²) in [7, 11) is 0.